The van der Waals surface area contributed by atoms with Gasteiger partial charge in [0.25, 0.3) is 5.91 Å². The molecule has 0 fully saturated rings. The number of anilines is 1. The van der Waals surface area contributed by atoms with Crippen molar-refractivity contribution in [2.45, 2.75) is 20.3 Å². The van der Waals surface area contributed by atoms with Gasteiger partial charge in [0.05, 0.1) is 30.0 Å². The molecule has 0 aromatic heterocycles. The maximum atomic E-state index is 12.1. The van der Waals surface area contributed by atoms with E-state index in [9.17, 15) is 4.79 Å². The molecule has 0 radical (unpaired) electrons. The third-order valence-corrected chi connectivity index (χ3v) is 3.26. The second-order valence-corrected chi connectivity index (χ2v) is 5.53. The highest BCUT2D eigenvalue weighted by atomic mass is 35.5. The topological polar surface area (TPSA) is 73.6 Å². The maximum absolute atomic E-state index is 12.1. The van der Waals surface area contributed by atoms with E-state index in [1.165, 1.54) is 19.2 Å². The first-order valence-electron chi connectivity index (χ1n) is 6.94. The minimum absolute atomic E-state index is 0. The van der Waals surface area contributed by atoms with E-state index in [0.29, 0.717) is 47.7 Å². The van der Waals surface area contributed by atoms with E-state index in [4.69, 9.17) is 26.8 Å². The van der Waals surface area contributed by atoms with Crippen molar-refractivity contribution in [3.05, 3.63) is 22.7 Å². The monoisotopic (exact) mass is 350 g/mol. The summed E-state index contributed by atoms with van der Waals surface area (Å²) in [5, 5.41) is 3.09. The van der Waals surface area contributed by atoms with E-state index in [2.05, 4.69) is 19.2 Å². The fourth-order valence-corrected chi connectivity index (χ4v) is 1.83. The molecule has 22 heavy (non-hydrogen) atoms. The van der Waals surface area contributed by atoms with Crippen molar-refractivity contribution < 1.29 is 14.3 Å². The van der Waals surface area contributed by atoms with Crippen molar-refractivity contribution >= 4 is 35.6 Å². The number of rotatable bonds is 8. The molecule has 0 saturated heterocycles. The van der Waals surface area contributed by atoms with Gasteiger partial charge < -0.3 is 20.5 Å². The Balaban J connectivity index is 0.00000441. The van der Waals surface area contributed by atoms with Crippen LogP contribution >= 0.6 is 24.0 Å². The number of nitrogens with one attached hydrogen (secondary N) is 1. The fourth-order valence-electron chi connectivity index (χ4n) is 1.67. The number of nitrogens with two attached hydrogens (primary N) is 1. The summed E-state index contributed by atoms with van der Waals surface area (Å²) in [6, 6.07) is 3.04. The van der Waals surface area contributed by atoms with Crippen molar-refractivity contribution in [2.24, 2.45) is 5.92 Å². The lowest BCUT2D eigenvalue weighted by Crippen LogP contribution is -2.28. The Morgan fingerprint density at radius 2 is 2.05 bits per heavy atom. The van der Waals surface area contributed by atoms with Crippen LogP contribution in [0.3, 0.4) is 0 Å². The Labute approximate surface area is 142 Å². The standard InChI is InChI=1S/C15H23ClN2O3.ClH/c1-10(2)4-6-21-7-5-18-15(19)11-8-12(16)13(17)9-14(11)20-3;/h8-10H,4-7,17H2,1-3H3,(H,18,19);1H. The van der Waals surface area contributed by atoms with Gasteiger partial charge in [-0.05, 0) is 18.4 Å². The Morgan fingerprint density at radius 1 is 1.36 bits per heavy atom. The van der Waals surface area contributed by atoms with Crippen molar-refractivity contribution in [1.29, 1.82) is 0 Å². The van der Waals surface area contributed by atoms with Gasteiger partial charge in [-0.15, -0.1) is 12.4 Å². The second kappa shape index (κ2) is 10.5. The van der Waals surface area contributed by atoms with Crippen molar-refractivity contribution in [1.82, 2.24) is 5.32 Å². The van der Waals surface area contributed by atoms with Gasteiger partial charge in [-0.1, -0.05) is 25.4 Å². The lowest BCUT2D eigenvalue weighted by atomic mass is 10.1. The lowest BCUT2D eigenvalue weighted by molar-refractivity contribution is 0.0903. The first-order valence-corrected chi connectivity index (χ1v) is 7.32. The molecule has 1 aromatic rings. The highest BCUT2D eigenvalue weighted by Gasteiger charge is 2.14. The van der Waals surface area contributed by atoms with Crippen LogP contribution in [0.5, 0.6) is 5.75 Å². The van der Waals surface area contributed by atoms with Crippen LogP contribution in [-0.2, 0) is 4.74 Å². The number of ether oxygens (including phenoxy) is 2. The van der Waals surface area contributed by atoms with Gasteiger partial charge in [0.15, 0.2) is 0 Å². The van der Waals surface area contributed by atoms with E-state index >= 15 is 0 Å². The third kappa shape index (κ3) is 6.73. The summed E-state index contributed by atoms with van der Waals surface area (Å²) >= 11 is 5.93. The van der Waals surface area contributed by atoms with Crippen LogP contribution in [0.2, 0.25) is 5.02 Å². The van der Waals surface area contributed by atoms with Crippen molar-refractivity contribution in [3.63, 3.8) is 0 Å². The van der Waals surface area contributed by atoms with Crippen molar-refractivity contribution in [2.75, 3.05) is 32.6 Å². The van der Waals surface area contributed by atoms with Crippen LogP contribution in [-0.4, -0.2) is 32.8 Å². The van der Waals surface area contributed by atoms with Crippen LogP contribution in [0.25, 0.3) is 0 Å². The van der Waals surface area contributed by atoms with Gasteiger partial charge >= 0.3 is 0 Å². The number of amides is 1. The van der Waals surface area contributed by atoms with Gasteiger partial charge in [-0.2, -0.15) is 0 Å². The fraction of sp³-hybridized carbons (Fsp3) is 0.533. The molecule has 5 nitrogen and oxygen atoms in total. The number of carbonyl (C=O) groups is 1. The number of benzene rings is 1. The zero-order valence-corrected chi connectivity index (χ0v) is 14.7. The molecule has 0 aliphatic rings. The summed E-state index contributed by atoms with van der Waals surface area (Å²) in [5.74, 6) is 0.747. The lowest BCUT2D eigenvalue weighted by Gasteiger charge is -2.11. The molecule has 0 aliphatic heterocycles. The van der Waals surface area contributed by atoms with E-state index in [0.717, 1.165) is 6.42 Å². The summed E-state index contributed by atoms with van der Waals surface area (Å²) in [6.45, 7) is 5.89. The molecule has 126 valence electrons. The summed E-state index contributed by atoms with van der Waals surface area (Å²) in [6.07, 6.45) is 1.01. The normalized spacial score (nSPS) is 10.2. The molecular formula is C15H24Cl2N2O3. The molecule has 1 rings (SSSR count). The van der Waals surface area contributed by atoms with Gasteiger partial charge in [0.1, 0.15) is 5.75 Å². The van der Waals surface area contributed by atoms with Crippen LogP contribution in [0.15, 0.2) is 12.1 Å². The largest absolute Gasteiger partial charge is 0.496 e. The van der Waals surface area contributed by atoms with E-state index < -0.39 is 0 Å². The smallest absolute Gasteiger partial charge is 0.255 e. The zero-order chi connectivity index (χ0) is 15.8. The Kier molecular flexibility index (Phi) is 9.98. The highest BCUT2D eigenvalue weighted by Crippen LogP contribution is 2.28. The molecular weight excluding hydrogens is 327 g/mol. The van der Waals surface area contributed by atoms with Gasteiger partial charge in [0, 0.05) is 19.2 Å². The van der Waals surface area contributed by atoms with Crippen molar-refractivity contribution in [3.8, 4) is 5.75 Å². The summed E-state index contributed by atoms with van der Waals surface area (Å²) in [5.41, 5.74) is 6.42. The summed E-state index contributed by atoms with van der Waals surface area (Å²) < 4.78 is 10.6. The van der Waals surface area contributed by atoms with Crippen LogP contribution < -0.4 is 15.8 Å². The molecule has 0 saturated carbocycles. The van der Waals surface area contributed by atoms with Gasteiger partial charge in [-0.25, -0.2) is 0 Å². The van der Waals surface area contributed by atoms with Gasteiger partial charge in [0.2, 0.25) is 0 Å². The minimum Gasteiger partial charge on any atom is -0.496 e. The quantitative estimate of drug-likeness (QED) is 0.557. The number of methoxy groups -OCH3 is 1. The predicted molar refractivity (Wildman–Crippen MR) is 92.3 cm³/mol. The molecule has 0 unspecified atom stereocenters. The third-order valence-electron chi connectivity index (χ3n) is 2.93. The number of halogens is 2. The predicted octanol–water partition coefficient (Wildman–Crippen LogP) is 3.15. The Morgan fingerprint density at radius 3 is 2.64 bits per heavy atom. The molecule has 3 N–H and O–H groups in total. The maximum Gasteiger partial charge on any atom is 0.255 e. The summed E-state index contributed by atoms with van der Waals surface area (Å²) in [4.78, 5) is 12.1. The first kappa shape index (κ1) is 20.8. The number of carbonyl (C=O) groups excluding carboxylic acids is 1. The molecule has 1 amide bonds. The molecule has 0 atom stereocenters. The second-order valence-electron chi connectivity index (χ2n) is 5.12. The average Bonchev–Trinajstić information content (AvgIpc) is 2.44. The zero-order valence-electron chi connectivity index (χ0n) is 13.1. The molecule has 0 bridgehead atoms. The van der Waals surface area contributed by atoms with E-state index in [1.807, 2.05) is 0 Å². The molecule has 0 spiro atoms. The van der Waals surface area contributed by atoms with E-state index in [1.54, 1.807) is 0 Å². The van der Waals surface area contributed by atoms with Crippen LogP contribution in [0.1, 0.15) is 30.6 Å². The first-order chi connectivity index (χ1) is 9.95. The van der Waals surface area contributed by atoms with E-state index in [-0.39, 0.29) is 18.3 Å². The number of hydrogen-bond donors (Lipinski definition) is 2. The van der Waals surface area contributed by atoms with Crippen LogP contribution in [0.4, 0.5) is 5.69 Å². The molecule has 1 aromatic carbocycles. The van der Waals surface area contributed by atoms with Gasteiger partial charge in [-0.3, -0.25) is 4.79 Å². The van der Waals surface area contributed by atoms with Crippen LogP contribution in [0, 0.1) is 5.92 Å². The number of nitrogen functional groups attached to an aromatic ring is 1. The SMILES string of the molecule is COc1cc(N)c(Cl)cc1C(=O)NCCOCCC(C)C.Cl. The Hall–Kier alpha value is -1.17. The number of hydrogen-bond acceptors (Lipinski definition) is 4. The highest BCUT2D eigenvalue weighted by molar-refractivity contribution is 6.33. The molecule has 7 heteroatoms. The summed E-state index contributed by atoms with van der Waals surface area (Å²) in [7, 11) is 1.48. The Bertz CT molecular complexity index is 482. The average molecular weight is 351 g/mol. The molecule has 0 heterocycles. The minimum atomic E-state index is -0.263. The molecule has 0 aliphatic carbocycles.